The standard InChI is InChI=1S/C65H126N2O26S.Li/c1-2-3-4-5-6-7-8-9-10-11-14-70-16-18-72-20-22-74-24-26-76-28-30-78-32-34-80-36-38-82-40-42-84-44-46-86-48-50-88-52-54-90-56-58-92-60-61-93-59-57-91-55-53-89-51-49-87-47-45-85-43-41-83-39-37-81-35-33-79-31-29-77-27-25-75-23-21-73-19-17-71-15-12-13-62-94(68,69)65(63-66)64-67;/h65H,2-62H2,1H3;/q;+1. The van der Waals surface area contributed by atoms with Crippen LogP contribution < -0.4 is 18.9 Å². The van der Waals surface area contributed by atoms with Crippen LogP contribution in [0.3, 0.4) is 0 Å². The number of sulfone groups is 1. The number of nitrogens with zero attached hydrogens (tertiary/aromatic N) is 2. The second kappa shape index (κ2) is 86.8. The van der Waals surface area contributed by atoms with Crippen molar-refractivity contribution in [2.24, 2.45) is 0 Å². The van der Waals surface area contributed by atoms with Gasteiger partial charge in [0.1, 0.15) is 0 Å². The summed E-state index contributed by atoms with van der Waals surface area (Å²) in [6, 6.07) is 2.98. The molecule has 558 valence electrons. The van der Waals surface area contributed by atoms with Gasteiger partial charge in [0, 0.05) is 13.2 Å². The Bertz CT molecular complexity index is 1620. The summed E-state index contributed by atoms with van der Waals surface area (Å²) in [4.78, 5) is 0. The molecule has 0 aliphatic carbocycles. The fourth-order valence-corrected chi connectivity index (χ4v) is 8.83. The largest absolute Gasteiger partial charge is 1.00 e. The number of ether oxygens (including phenoxy) is 24. The van der Waals surface area contributed by atoms with Crippen LogP contribution in [0.5, 0.6) is 0 Å². The van der Waals surface area contributed by atoms with E-state index in [1.807, 2.05) is 0 Å². The second-order valence-electron chi connectivity index (χ2n) is 20.6. The first kappa shape index (κ1) is 95.6. The predicted octanol–water partition coefficient (Wildman–Crippen LogP) is 1.92. The van der Waals surface area contributed by atoms with Gasteiger partial charge in [-0.1, -0.05) is 64.7 Å². The van der Waals surface area contributed by atoms with Gasteiger partial charge in [-0.2, -0.15) is 10.5 Å². The molecule has 0 aromatic heterocycles. The number of nitriles is 2. The van der Waals surface area contributed by atoms with Crippen molar-refractivity contribution >= 4 is 9.84 Å². The minimum Gasteiger partial charge on any atom is -0.379 e. The maximum absolute atomic E-state index is 11.8. The Labute approximate surface area is 583 Å². The minimum atomic E-state index is -3.72. The van der Waals surface area contributed by atoms with Gasteiger partial charge < -0.3 is 114 Å². The Balaban J connectivity index is 0. The minimum absolute atomic E-state index is 0. The summed E-state index contributed by atoms with van der Waals surface area (Å²) in [6.07, 6.45) is 14.2. The molecule has 28 nitrogen and oxygen atoms in total. The van der Waals surface area contributed by atoms with E-state index in [1.54, 1.807) is 0 Å². The smallest absolute Gasteiger partial charge is 0.379 e. The first-order valence-electron chi connectivity index (χ1n) is 34.4. The molecular formula is C65H126LiN2O26S+. The molecule has 0 amide bonds. The third kappa shape index (κ3) is 83.1. The molecule has 0 radical (unpaired) electrons. The third-order valence-electron chi connectivity index (χ3n) is 12.8. The summed E-state index contributed by atoms with van der Waals surface area (Å²) in [5.41, 5.74) is 0. The number of unbranched alkanes of at least 4 members (excludes halogenated alkanes) is 10. The quantitative estimate of drug-likeness (QED) is 0.0620. The van der Waals surface area contributed by atoms with Crippen molar-refractivity contribution in [3.63, 3.8) is 0 Å². The van der Waals surface area contributed by atoms with Gasteiger partial charge in [0.15, 0.2) is 9.84 Å². The van der Waals surface area contributed by atoms with Crippen molar-refractivity contribution in [1.29, 1.82) is 10.5 Å². The summed E-state index contributed by atoms with van der Waals surface area (Å²) in [5.74, 6) is -0.215. The van der Waals surface area contributed by atoms with E-state index >= 15 is 0 Å². The first-order chi connectivity index (χ1) is 46.6. The Kier molecular flexibility index (Phi) is 87.4. The van der Waals surface area contributed by atoms with Crippen molar-refractivity contribution in [2.75, 3.05) is 323 Å². The Morgan fingerprint density at radius 3 is 0.484 bits per heavy atom. The molecule has 0 saturated heterocycles. The SMILES string of the molecule is CCCCCCCCCCCCOCCOCCOCCOCCOCCOCCOCCOCCOCCOCCOCCOCCOCCOCCOCCOCCOCCOCCOCCOCCOCCOCCOCCOCCCCS(=O)(=O)C(C#N)C#N.[Li+]. The fraction of sp³-hybridized carbons (Fsp3) is 0.969. The van der Waals surface area contributed by atoms with Gasteiger partial charge in [0.05, 0.1) is 322 Å². The van der Waals surface area contributed by atoms with E-state index in [0.29, 0.717) is 323 Å². The summed E-state index contributed by atoms with van der Waals surface area (Å²) in [6.45, 7) is 25.6. The molecule has 0 atom stereocenters. The molecule has 0 fully saturated rings. The molecule has 0 N–H and O–H groups in total. The van der Waals surface area contributed by atoms with Gasteiger partial charge in [-0.05, 0) is 19.3 Å². The molecule has 0 aliphatic rings. The van der Waals surface area contributed by atoms with Crippen molar-refractivity contribution in [2.45, 2.75) is 89.2 Å². The van der Waals surface area contributed by atoms with Crippen molar-refractivity contribution in [3.8, 4) is 12.1 Å². The van der Waals surface area contributed by atoms with Crippen LogP contribution in [-0.2, 0) is 124 Å². The average Bonchev–Trinajstić information content (AvgIpc) is 2.51. The molecule has 0 rings (SSSR count). The van der Waals surface area contributed by atoms with E-state index in [4.69, 9.17) is 124 Å². The van der Waals surface area contributed by atoms with E-state index in [1.165, 1.54) is 69.9 Å². The van der Waals surface area contributed by atoms with Crippen LogP contribution in [0.4, 0.5) is 0 Å². The van der Waals surface area contributed by atoms with E-state index in [9.17, 15) is 8.42 Å². The van der Waals surface area contributed by atoms with Crippen LogP contribution >= 0.6 is 0 Å². The topological polar surface area (TPSA) is 303 Å². The summed E-state index contributed by atoms with van der Waals surface area (Å²) < 4.78 is 156. The Morgan fingerprint density at radius 1 is 0.211 bits per heavy atom. The Morgan fingerprint density at radius 2 is 0.337 bits per heavy atom. The van der Waals surface area contributed by atoms with Gasteiger partial charge in [0.25, 0.3) is 0 Å². The van der Waals surface area contributed by atoms with Gasteiger partial charge in [0.2, 0.25) is 5.25 Å². The second-order valence-corrected chi connectivity index (χ2v) is 22.8. The van der Waals surface area contributed by atoms with Gasteiger partial charge in [-0.25, -0.2) is 8.42 Å². The average molecular weight is 1390 g/mol. The number of hydrogen-bond donors (Lipinski definition) is 0. The molecule has 0 spiro atoms. The molecule has 0 aliphatic heterocycles. The Hall–Kier alpha value is -1.43. The molecule has 95 heavy (non-hydrogen) atoms. The van der Waals surface area contributed by atoms with Crippen LogP contribution in [0.15, 0.2) is 0 Å². The van der Waals surface area contributed by atoms with Gasteiger partial charge in [-0.15, -0.1) is 0 Å². The van der Waals surface area contributed by atoms with E-state index < -0.39 is 15.1 Å². The molecule has 0 aromatic carbocycles. The number of rotatable bonds is 86. The van der Waals surface area contributed by atoms with Crippen LogP contribution in [0.2, 0.25) is 0 Å². The van der Waals surface area contributed by atoms with E-state index in [2.05, 4.69) is 6.92 Å². The van der Waals surface area contributed by atoms with Crippen molar-refractivity contribution < 1.29 is 141 Å². The zero-order valence-corrected chi connectivity index (χ0v) is 59.4. The summed E-state index contributed by atoms with van der Waals surface area (Å²) in [7, 11) is -3.72. The summed E-state index contributed by atoms with van der Waals surface area (Å²) >= 11 is 0. The normalized spacial score (nSPS) is 11.7. The van der Waals surface area contributed by atoms with Crippen LogP contribution in [0, 0.1) is 22.7 Å². The first-order valence-corrected chi connectivity index (χ1v) is 36.2. The maximum Gasteiger partial charge on any atom is 1.00 e. The van der Waals surface area contributed by atoms with Crippen LogP contribution in [0.25, 0.3) is 0 Å². The van der Waals surface area contributed by atoms with Crippen molar-refractivity contribution in [3.05, 3.63) is 0 Å². The van der Waals surface area contributed by atoms with Gasteiger partial charge >= 0.3 is 18.9 Å². The molecule has 0 saturated carbocycles. The zero-order chi connectivity index (χ0) is 67.6. The molecule has 0 heterocycles. The monoisotopic (exact) mass is 1390 g/mol. The third-order valence-corrected chi connectivity index (χ3v) is 14.5. The molecular weight excluding hydrogens is 1260 g/mol. The van der Waals surface area contributed by atoms with E-state index in [-0.39, 0.29) is 24.6 Å². The van der Waals surface area contributed by atoms with E-state index in [0.717, 1.165) is 13.0 Å². The van der Waals surface area contributed by atoms with Crippen molar-refractivity contribution in [1.82, 2.24) is 0 Å². The van der Waals surface area contributed by atoms with Crippen LogP contribution in [-0.4, -0.2) is 337 Å². The molecule has 0 bridgehead atoms. The molecule has 0 aromatic rings. The summed E-state index contributed by atoms with van der Waals surface area (Å²) in [5, 5.41) is 15.8. The molecule has 30 heteroatoms. The zero-order valence-electron chi connectivity index (χ0n) is 58.6. The fourth-order valence-electron chi connectivity index (χ4n) is 7.67. The predicted molar refractivity (Wildman–Crippen MR) is 350 cm³/mol. The van der Waals surface area contributed by atoms with Crippen LogP contribution in [0.1, 0.15) is 84.0 Å². The maximum atomic E-state index is 11.8. The van der Waals surface area contributed by atoms with Gasteiger partial charge in [-0.3, -0.25) is 0 Å². The number of hydrogen-bond acceptors (Lipinski definition) is 28. The molecule has 0 unspecified atom stereocenters.